The van der Waals surface area contributed by atoms with Crippen LogP contribution in [0.2, 0.25) is 5.15 Å². The molecule has 0 radical (unpaired) electrons. The topological polar surface area (TPSA) is 64.5 Å². The Bertz CT molecular complexity index is 578. The summed E-state index contributed by atoms with van der Waals surface area (Å²) >= 11 is 5.93. The SMILES string of the molecule is CCOCc1nc(Cl)cc(Oc2cccc(CO)c2)n1. The minimum absolute atomic E-state index is 0.0443. The zero-order valence-corrected chi connectivity index (χ0v) is 11.8. The molecule has 106 valence electrons. The molecule has 0 atom stereocenters. The van der Waals surface area contributed by atoms with Crippen molar-refractivity contribution in [2.45, 2.75) is 20.1 Å². The standard InChI is InChI=1S/C14H15ClN2O3/c1-2-19-9-13-16-12(15)7-14(17-13)20-11-5-3-4-10(6-11)8-18/h3-7,18H,2,8-9H2,1H3. The van der Waals surface area contributed by atoms with E-state index in [1.54, 1.807) is 24.3 Å². The molecule has 5 nitrogen and oxygen atoms in total. The lowest BCUT2D eigenvalue weighted by Crippen LogP contribution is -2.01. The van der Waals surface area contributed by atoms with Gasteiger partial charge in [-0.1, -0.05) is 23.7 Å². The summed E-state index contributed by atoms with van der Waals surface area (Å²) in [6.45, 7) is 2.70. The van der Waals surface area contributed by atoms with Crippen molar-refractivity contribution in [2.24, 2.45) is 0 Å². The third-order valence-electron chi connectivity index (χ3n) is 2.46. The number of rotatable bonds is 6. The van der Waals surface area contributed by atoms with Crippen molar-refractivity contribution in [2.75, 3.05) is 6.61 Å². The molecule has 0 saturated heterocycles. The molecule has 0 bridgehead atoms. The van der Waals surface area contributed by atoms with Crippen LogP contribution in [0, 0.1) is 0 Å². The molecule has 1 N–H and O–H groups in total. The Kier molecular flexibility index (Phi) is 5.29. The number of aromatic nitrogens is 2. The van der Waals surface area contributed by atoms with Crippen molar-refractivity contribution in [1.29, 1.82) is 0 Å². The number of hydrogen-bond acceptors (Lipinski definition) is 5. The van der Waals surface area contributed by atoms with Crippen LogP contribution in [0.25, 0.3) is 0 Å². The van der Waals surface area contributed by atoms with Gasteiger partial charge in [0.1, 0.15) is 17.5 Å². The molecule has 0 spiro atoms. The molecule has 0 amide bonds. The van der Waals surface area contributed by atoms with Gasteiger partial charge in [-0.15, -0.1) is 0 Å². The molecule has 0 unspecified atom stereocenters. The Morgan fingerprint density at radius 2 is 2.10 bits per heavy atom. The lowest BCUT2D eigenvalue weighted by atomic mass is 10.2. The van der Waals surface area contributed by atoms with Gasteiger partial charge in [-0.25, -0.2) is 4.98 Å². The van der Waals surface area contributed by atoms with Crippen LogP contribution in [0.1, 0.15) is 18.3 Å². The van der Waals surface area contributed by atoms with Crippen molar-refractivity contribution in [3.05, 3.63) is 46.9 Å². The molecule has 20 heavy (non-hydrogen) atoms. The van der Waals surface area contributed by atoms with Gasteiger partial charge in [-0.2, -0.15) is 4.98 Å². The minimum atomic E-state index is -0.0443. The van der Waals surface area contributed by atoms with E-state index in [9.17, 15) is 0 Å². The summed E-state index contributed by atoms with van der Waals surface area (Å²) in [5.74, 6) is 1.39. The summed E-state index contributed by atoms with van der Waals surface area (Å²) in [5, 5.41) is 9.39. The molecule has 0 saturated carbocycles. The normalized spacial score (nSPS) is 10.6. The molecule has 0 aliphatic heterocycles. The van der Waals surface area contributed by atoms with E-state index in [0.717, 1.165) is 5.56 Å². The Morgan fingerprint density at radius 1 is 1.25 bits per heavy atom. The lowest BCUT2D eigenvalue weighted by Gasteiger charge is -2.08. The van der Waals surface area contributed by atoms with Gasteiger partial charge in [0.2, 0.25) is 5.88 Å². The summed E-state index contributed by atoms with van der Waals surface area (Å²) < 4.78 is 10.9. The van der Waals surface area contributed by atoms with Crippen LogP contribution < -0.4 is 4.74 Å². The third-order valence-corrected chi connectivity index (χ3v) is 2.65. The summed E-state index contributed by atoms with van der Waals surface area (Å²) in [6.07, 6.45) is 0. The molecular weight excluding hydrogens is 280 g/mol. The van der Waals surface area contributed by atoms with Gasteiger partial charge in [-0.05, 0) is 24.6 Å². The lowest BCUT2D eigenvalue weighted by molar-refractivity contribution is 0.128. The molecule has 2 rings (SSSR count). The van der Waals surface area contributed by atoms with Crippen molar-refractivity contribution < 1.29 is 14.6 Å². The van der Waals surface area contributed by atoms with Crippen molar-refractivity contribution in [3.8, 4) is 11.6 Å². The number of aliphatic hydroxyl groups excluding tert-OH is 1. The van der Waals surface area contributed by atoms with E-state index in [0.29, 0.717) is 29.2 Å². The highest BCUT2D eigenvalue weighted by Crippen LogP contribution is 2.22. The zero-order valence-electron chi connectivity index (χ0n) is 11.0. The highest BCUT2D eigenvalue weighted by atomic mass is 35.5. The van der Waals surface area contributed by atoms with Crippen LogP contribution in [0.3, 0.4) is 0 Å². The average Bonchev–Trinajstić information content (AvgIpc) is 2.44. The van der Waals surface area contributed by atoms with Crippen LogP contribution in [0.4, 0.5) is 0 Å². The smallest absolute Gasteiger partial charge is 0.224 e. The van der Waals surface area contributed by atoms with Gasteiger partial charge >= 0.3 is 0 Å². The monoisotopic (exact) mass is 294 g/mol. The van der Waals surface area contributed by atoms with Crippen LogP contribution >= 0.6 is 11.6 Å². The van der Waals surface area contributed by atoms with Crippen LogP contribution in [0.15, 0.2) is 30.3 Å². The van der Waals surface area contributed by atoms with E-state index in [-0.39, 0.29) is 13.2 Å². The molecule has 0 aliphatic rings. The van der Waals surface area contributed by atoms with E-state index < -0.39 is 0 Å². The van der Waals surface area contributed by atoms with Crippen molar-refractivity contribution >= 4 is 11.6 Å². The number of halogens is 1. The summed E-state index contributed by atoms with van der Waals surface area (Å²) in [6, 6.07) is 8.64. The van der Waals surface area contributed by atoms with E-state index in [1.807, 2.05) is 6.92 Å². The Labute approximate surface area is 122 Å². The molecule has 1 aromatic heterocycles. The van der Waals surface area contributed by atoms with Gasteiger partial charge in [0, 0.05) is 12.7 Å². The first-order valence-corrected chi connectivity index (χ1v) is 6.58. The highest BCUT2D eigenvalue weighted by molar-refractivity contribution is 6.29. The first-order valence-electron chi connectivity index (χ1n) is 6.20. The van der Waals surface area contributed by atoms with Crippen LogP contribution in [-0.2, 0) is 18.0 Å². The predicted octanol–water partition coefficient (Wildman–Crippen LogP) is 2.95. The second-order valence-corrected chi connectivity index (χ2v) is 4.38. The summed E-state index contributed by atoms with van der Waals surface area (Å²) in [7, 11) is 0. The third kappa shape index (κ3) is 4.16. The summed E-state index contributed by atoms with van der Waals surface area (Å²) in [4.78, 5) is 8.27. The summed E-state index contributed by atoms with van der Waals surface area (Å²) in [5.41, 5.74) is 0.761. The van der Waals surface area contributed by atoms with Crippen LogP contribution in [0.5, 0.6) is 11.6 Å². The Hall–Kier alpha value is -1.69. The van der Waals surface area contributed by atoms with E-state index in [1.165, 1.54) is 6.07 Å². The molecule has 0 aliphatic carbocycles. The van der Waals surface area contributed by atoms with E-state index >= 15 is 0 Å². The van der Waals surface area contributed by atoms with Gasteiger partial charge in [-0.3, -0.25) is 0 Å². The quantitative estimate of drug-likeness (QED) is 0.830. The minimum Gasteiger partial charge on any atom is -0.439 e. The average molecular weight is 295 g/mol. The number of benzene rings is 1. The zero-order chi connectivity index (χ0) is 14.4. The van der Waals surface area contributed by atoms with Gasteiger partial charge < -0.3 is 14.6 Å². The largest absolute Gasteiger partial charge is 0.439 e. The maximum Gasteiger partial charge on any atom is 0.224 e. The Morgan fingerprint density at radius 3 is 2.85 bits per heavy atom. The molecule has 6 heteroatoms. The maximum atomic E-state index is 9.09. The number of aliphatic hydroxyl groups is 1. The first kappa shape index (κ1) is 14.7. The van der Waals surface area contributed by atoms with E-state index in [4.69, 9.17) is 26.2 Å². The maximum absolute atomic E-state index is 9.09. The number of ether oxygens (including phenoxy) is 2. The van der Waals surface area contributed by atoms with Gasteiger partial charge in [0.05, 0.1) is 6.61 Å². The molecule has 0 fully saturated rings. The fourth-order valence-electron chi connectivity index (χ4n) is 1.58. The highest BCUT2D eigenvalue weighted by Gasteiger charge is 2.06. The van der Waals surface area contributed by atoms with Crippen molar-refractivity contribution in [1.82, 2.24) is 9.97 Å². The first-order chi connectivity index (χ1) is 9.71. The number of nitrogens with zero attached hydrogens (tertiary/aromatic N) is 2. The Balaban J connectivity index is 2.17. The van der Waals surface area contributed by atoms with Gasteiger partial charge in [0.15, 0.2) is 5.82 Å². The fourth-order valence-corrected chi connectivity index (χ4v) is 1.77. The molecular formula is C14H15ClN2O3. The molecule has 2 aromatic rings. The number of hydrogen-bond donors (Lipinski definition) is 1. The fraction of sp³-hybridized carbons (Fsp3) is 0.286. The van der Waals surface area contributed by atoms with Crippen LogP contribution in [-0.4, -0.2) is 21.7 Å². The molecule has 1 heterocycles. The van der Waals surface area contributed by atoms with Crippen molar-refractivity contribution in [3.63, 3.8) is 0 Å². The predicted molar refractivity (Wildman–Crippen MR) is 74.8 cm³/mol. The van der Waals surface area contributed by atoms with E-state index in [2.05, 4.69) is 9.97 Å². The second-order valence-electron chi connectivity index (χ2n) is 3.99. The second kappa shape index (κ2) is 7.19. The van der Waals surface area contributed by atoms with Gasteiger partial charge in [0.25, 0.3) is 0 Å². The molecule has 1 aromatic carbocycles.